The molecule has 0 saturated carbocycles. The number of hydrogen-bond acceptors (Lipinski definition) is 4. The summed E-state index contributed by atoms with van der Waals surface area (Å²) in [4.78, 5) is 17.2. The summed E-state index contributed by atoms with van der Waals surface area (Å²) in [6, 6.07) is 18.2. The molecule has 1 aromatic heterocycles. The molecule has 2 saturated heterocycles. The molecular formula is C22H22N2O3. The monoisotopic (exact) mass is 362 g/mol. The first kappa shape index (κ1) is 16.5. The van der Waals surface area contributed by atoms with Crippen molar-refractivity contribution in [2.24, 2.45) is 5.92 Å². The third-order valence-electron chi connectivity index (χ3n) is 5.65. The van der Waals surface area contributed by atoms with Gasteiger partial charge in [0.25, 0.3) is 0 Å². The van der Waals surface area contributed by atoms with Gasteiger partial charge >= 0.3 is 5.97 Å². The molecule has 0 spiro atoms. The molecular weight excluding hydrogens is 340 g/mol. The highest BCUT2D eigenvalue weighted by molar-refractivity contribution is 5.80. The lowest BCUT2D eigenvalue weighted by atomic mass is 9.89. The Hall–Kier alpha value is -2.66. The lowest BCUT2D eigenvalue weighted by Gasteiger charge is -2.17. The standard InChI is InChI=1S/C22H22N2O3/c25-22(17-14-16-10-11-20(17)27-16)26-13-12-24-19-9-5-4-8-18(19)23-21(24)15-6-2-1-3-7-15/h1-9,16-17,20H,10-14H2. The van der Waals surface area contributed by atoms with Crippen LogP contribution in [0.3, 0.4) is 0 Å². The summed E-state index contributed by atoms with van der Waals surface area (Å²) in [6.45, 7) is 0.922. The zero-order valence-electron chi connectivity index (χ0n) is 15.1. The third kappa shape index (κ3) is 3.02. The highest BCUT2D eigenvalue weighted by Crippen LogP contribution is 2.39. The molecule has 0 N–H and O–H groups in total. The maximum Gasteiger partial charge on any atom is 0.311 e. The zero-order valence-corrected chi connectivity index (χ0v) is 15.1. The van der Waals surface area contributed by atoms with Gasteiger partial charge in [0.15, 0.2) is 0 Å². The fraction of sp³-hybridized carbons (Fsp3) is 0.364. The average molecular weight is 362 g/mol. The van der Waals surface area contributed by atoms with Crippen molar-refractivity contribution in [3.8, 4) is 11.4 Å². The van der Waals surface area contributed by atoms with Crippen molar-refractivity contribution in [3.63, 3.8) is 0 Å². The molecule has 27 heavy (non-hydrogen) atoms. The smallest absolute Gasteiger partial charge is 0.311 e. The fourth-order valence-corrected chi connectivity index (χ4v) is 4.34. The molecule has 2 aromatic carbocycles. The maximum absolute atomic E-state index is 12.5. The normalized spacial score (nSPS) is 23.8. The van der Waals surface area contributed by atoms with Crippen LogP contribution in [-0.4, -0.2) is 34.3 Å². The Morgan fingerprint density at radius 3 is 2.70 bits per heavy atom. The van der Waals surface area contributed by atoms with Gasteiger partial charge in [0.2, 0.25) is 0 Å². The molecule has 0 amide bonds. The maximum atomic E-state index is 12.5. The number of hydrogen-bond donors (Lipinski definition) is 0. The largest absolute Gasteiger partial charge is 0.463 e. The summed E-state index contributed by atoms with van der Waals surface area (Å²) < 4.78 is 13.5. The van der Waals surface area contributed by atoms with E-state index in [1.165, 1.54) is 0 Å². The Balaban J connectivity index is 1.34. The number of benzene rings is 2. The third-order valence-corrected chi connectivity index (χ3v) is 5.65. The van der Waals surface area contributed by atoms with Gasteiger partial charge in [0, 0.05) is 5.56 Å². The molecule has 3 aromatic rings. The predicted octanol–water partition coefficient (Wildman–Crippen LogP) is 3.81. The van der Waals surface area contributed by atoms with Gasteiger partial charge in [-0.25, -0.2) is 4.98 Å². The van der Waals surface area contributed by atoms with Crippen LogP contribution in [0.25, 0.3) is 22.4 Å². The molecule has 3 heterocycles. The van der Waals surface area contributed by atoms with E-state index in [0.29, 0.717) is 13.2 Å². The van der Waals surface area contributed by atoms with E-state index in [4.69, 9.17) is 14.5 Å². The van der Waals surface area contributed by atoms with Crippen LogP contribution >= 0.6 is 0 Å². The minimum absolute atomic E-state index is 0.0662. The van der Waals surface area contributed by atoms with Crippen molar-refractivity contribution in [1.29, 1.82) is 0 Å². The van der Waals surface area contributed by atoms with Crippen LogP contribution < -0.4 is 0 Å². The van der Waals surface area contributed by atoms with Crippen molar-refractivity contribution in [2.75, 3.05) is 6.61 Å². The fourth-order valence-electron chi connectivity index (χ4n) is 4.34. The van der Waals surface area contributed by atoms with Gasteiger partial charge in [0.05, 0.1) is 35.7 Å². The van der Waals surface area contributed by atoms with Gasteiger partial charge in [-0.3, -0.25) is 4.79 Å². The minimum atomic E-state index is -0.118. The number of carbonyl (C=O) groups excluding carboxylic acids is 1. The van der Waals surface area contributed by atoms with Crippen LogP contribution in [0.15, 0.2) is 54.6 Å². The summed E-state index contributed by atoms with van der Waals surface area (Å²) in [7, 11) is 0. The summed E-state index contributed by atoms with van der Waals surface area (Å²) in [5, 5.41) is 0. The molecule has 138 valence electrons. The number of nitrogens with zero attached hydrogens (tertiary/aromatic N) is 2. The van der Waals surface area contributed by atoms with E-state index in [1.54, 1.807) is 0 Å². The molecule has 5 nitrogen and oxygen atoms in total. The van der Waals surface area contributed by atoms with E-state index >= 15 is 0 Å². The first-order valence-corrected chi connectivity index (χ1v) is 9.62. The van der Waals surface area contributed by atoms with E-state index in [9.17, 15) is 4.79 Å². The first-order valence-electron chi connectivity index (χ1n) is 9.62. The van der Waals surface area contributed by atoms with Crippen LogP contribution in [0.1, 0.15) is 19.3 Å². The van der Waals surface area contributed by atoms with E-state index in [-0.39, 0.29) is 24.1 Å². The number of carbonyl (C=O) groups is 1. The molecule has 2 aliphatic rings. The average Bonchev–Trinajstić information content (AvgIpc) is 3.43. The SMILES string of the molecule is O=C(OCCn1c(-c2ccccc2)nc2ccccc21)C1CC2CCC1O2. The summed E-state index contributed by atoms with van der Waals surface area (Å²) >= 11 is 0. The molecule has 0 radical (unpaired) electrons. The number of ether oxygens (including phenoxy) is 2. The molecule has 3 unspecified atom stereocenters. The molecule has 2 bridgehead atoms. The number of esters is 1. The van der Waals surface area contributed by atoms with Crippen molar-refractivity contribution >= 4 is 17.0 Å². The quantitative estimate of drug-likeness (QED) is 0.648. The van der Waals surface area contributed by atoms with Crippen LogP contribution in [0.5, 0.6) is 0 Å². The Labute approximate surface area is 157 Å². The molecule has 3 atom stereocenters. The molecule has 0 aliphatic carbocycles. The van der Waals surface area contributed by atoms with Crippen LogP contribution in [0.4, 0.5) is 0 Å². The van der Waals surface area contributed by atoms with Crippen molar-refractivity contribution in [2.45, 2.75) is 38.0 Å². The van der Waals surface area contributed by atoms with Crippen molar-refractivity contribution < 1.29 is 14.3 Å². The van der Waals surface area contributed by atoms with Crippen LogP contribution in [0, 0.1) is 5.92 Å². The Bertz CT molecular complexity index is 966. The van der Waals surface area contributed by atoms with E-state index in [1.807, 2.05) is 36.4 Å². The Morgan fingerprint density at radius 1 is 1.11 bits per heavy atom. The molecule has 2 aliphatic heterocycles. The lowest BCUT2D eigenvalue weighted by molar-refractivity contribution is -0.150. The Morgan fingerprint density at radius 2 is 1.93 bits per heavy atom. The minimum Gasteiger partial charge on any atom is -0.463 e. The second kappa shape index (κ2) is 6.82. The molecule has 5 rings (SSSR count). The van der Waals surface area contributed by atoms with E-state index in [0.717, 1.165) is 41.7 Å². The zero-order chi connectivity index (χ0) is 18.2. The first-order chi connectivity index (χ1) is 13.3. The number of para-hydroxylation sites is 2. The lowest BCUT2D eigenvalue weighted by Crippen LogP contribution is -2.28. The second-order valence-electron chi connectivity index (χ2n) is 7.33. The van der Waals surface area contributed by atoms with Gasteiger partial charge < -0.3 is 14.0 Å². The highest BCUT2D eigenvalue weighted by Gasteiger charge is 2.45. The number of fused-ring (bicyclic) bond motifs is 3. The Kier molecular flexibility index (Phi) is 4.17. The van der Waals surface area contributed by atoms with Gasteiger partial charge in [-0.05, 0) is 31.4 Å². The topological polar surface area (TPSA) is 53.4 Å². The number of rotatable bonds is 5. The summed E-state index contributed by atoms with van der Waals surface area (Å²) in [5.41, 5.74) is 3.06. The van der Waals surface area contributed by atoms with Crippen LogP contribution in [0.2, 0.25) is 0 Å². The molecule has 2 fully saturated rings. The van der Waals surface area contributed by atoms with E-state index in [2.05, 4.69) is 22.8 Å². The van der Waals surface area contributed by atoms with Gasteiger partial charge in [-0.15, -0.1) is 0 Å². The number of imidazole rings is 1. The predicted molar refractivity (Wildman–Crippen MR) is 102 cm³/mol. The molecule has 5 heteroatoms. The van der Waals surface area contributed by atoms with E-state index < -0.39 is 0 Å². The van der Waals surface area contributed by atoms with Gasteiger partial charge in [-0.1, -0.05) is 42.5 Å². The highest BCUT2D eigenvalue weighted by atomic mass is 16.5. The van der Waals surface area contributed by atoms with Gasteiger partial charge in [0.1, 0.15) is 12.4 Å². The van der Waals surface area contributed by atoms with Crippen molar-refractivity contribution in [1.82, 2.24) is 9.55 Å². The summed E-state index contributed by atoms with van der Waals surface area (Å²) in [5.74, 6) is 0.695. The summed E-state index contributed by atoms with van der Waals surface area (Å²) in [6.07, 6.45) is 3.20. The van der Waals surface area contributed by atoms with Crippen LogP contribution in [-0.2, 0) is 20.8 Å². The van der Waals surface area contributed by atoms with Crippen molar-refractivity contribution in [3.05, 3.63) is 54.6 Å². The second-order valence-corrected chi connectivity index (χ2v) is 7.33. The number of aromatic nitrogens is 2. The van der Waals surface area contributed by atoms with Gasteiger partial charge in [-0.2, -0.15) is 0 Å².